The van der Waals surface area contributed by atoms with Gasteiger partial charge in [-0.2, -0.15) is 18.2 Å². The zero-order valence-electron chi connectivity index (χ0n) is 17.1. The number of aromatic nitrogens is 2. The summed E-state index contributed by atoms with van der Waals surface area (Å²) >= 11 is 0. The molecule has 1 aliphatic rings. The highest BCUT2D eigenvalue weighted by Crippen LogP contribution is 2.34. The number of carboxylic acid groups (broad SMARTS) is 1. The molecule has 0 unspecified atom stereocenters. The average molecular weight is 465 g/mol. The van der Waals surface area contributed by atoms with Gasteiger partial charge in [-0.1, -0.05) is 25.1 Å². The average Bonchev–Trinajstić information content (AvgIpc) is 3.29. The van der Waals surface area contributed by atoms with Crippen LogP contribution in [-0.2, 0) is 21.2 Å². The van der Waals surface area contributed by atoms with E-state index in [4.69, 9.17) is 0 Å². The molecule has 11 heteroatoms. The van der Waals surface area contributed by atoms with Crippen molar-refractivity contribution in [1.82, 2.24) is 14.1 Å². The summed E-state index contributed by atoms with van der Waals surface area (Å²) in [5, 5.41) is 14.4. The second-order valence-electron chi connectivity index (χ2n) is 7.70. The molecule has 4 rings (SSSR count). The molecule has 1 fully saturated rings. The normalized spacial score (nSPS) is 19.6. The molecule has 1 saturated heterocycles. The van der Waals surface area contributed by atoms with Gasteiger partial charge >= 0.3 is 12.6 Å². The minimum atomic E-state index is -3.87. The summed E-state index contributed by atoms with van der Waals surface area (Å²) in [6.07, 6.45) is -0.232. The molecule has 2 aromatic carbocycles. The van der Waals surface area contributed by atoms with E-state index in [1.807, 2.05) is 19.1 Å². The van der Waals surface area contributed by atoms with Crippen LogP contribution in [0.25, 0.3) is 10.9 Å². The first-order valence-corrected chi connectivity index (χ1v) is 11.3. The van der Waals surface area contributed by atoms with Crippen molar-refractivity contribution in [2.24, 2.45) is 5.92 Å². The van der Waals surface area contributed by atoms with Gasteiger partial charge in [0.1, 0.15) is 5.75 Å². The van der Waals surface area contributed by atoms with Crippen LogP contribution < -0.4 is 4.74 Å². The second kappa shape index (κ2) is 8.47. The number of para-hydroxylation sites is 1. The van der Waals surface area contributed by atoms with Gasteiger partial charge in [0.15, 0.2) is 0 Å². The first-order valence-electron chi connectivity index (χ1n) is 9.89. The van der Waals surface area contributed by atoms with E-state index in [0.717, 1.165) is 10.9 Å². The van der Waals surface area contributed by atoms with Crippen LogP contribution in [0.3, 0.4) is 0 Å². The molecule has 170 valence electrons. The zero-order chi connectivity index (χ0) is 23.0. The first kappa shape index (κ1) is 22.2. The van der Waals surface area contributed by atoms with E-state index >= 15 is 0 Å². The SMILES string of the molecule is C[C@@H]1CN(S(=O)(=O)c2ccc(OC(F)F)cc2)C[C@H]1n1nc(CC(=O)O)c2ccccc21. The van der Waals surface area contributed by atoms with Crippen molar-refractivity contribution in [3.63, 3.8) is 0 Å². The van der Waals surface area contributed by atoms with E-state index in [-0.39, 0.29) is 42.1 Å². The Hall–Kier alpha value is -3.05. The molecule has 0 aliphatic carbocycles. The molecular formula is C21H21F2N3O5S. The summed E-state index contributed by atoms with van der Waals surface area (Å²) in [6.45, 7) is -0.693. The van der Waals surface area contributed by atoms with Crippen molar-refractivity contribution < 1.29 is 31.8 Å². The molecule has 2 heterocycles. The predicted molar refractivity (Wildman–Crippen MR) is 111 cm³/mol. The number of aliphatic carboxylic acids is 1. The quantitative estimate of drug-likeness (QED) is 0.575. The van der Waals surface area contributed by atoms with Gasteiger partial charge in [0.2, 0.25) is 10.0 Å². The summed E-state index contributed by atoms with van der Waals surface area (Å²) in [5.74, 6) is -1.21. The number of hydrogen-bond donors (Lipinski definition) is 1. The number of ether oxygens (including phenoxy) is 1. The summed E-state index contributed by atoms with van der Waals surface area (Å²) in [4.78, 5) is 11.2. The van der Waals surface area contributed by atoms with Crippen molar-refractivity contribution in [3.05, 3.63) is 54.2 Å². The highest BCUT2D eigenvalue weighted by atomic mass is 32.2. The number of rotatable bonds is 7. The third-order valence-corrected chi connectivity index (χ3v) is 7.39. The van der Waals surface area contributed by atoms with Gasteiger partial charge in [0, 0.05) is 18.5 Å². The first-order chi connectivity index (χ1) is 15.2. The van der Waals surface area contributed by atoms with Crippen LogP contribution >= 0.6 is 0 Å². The second-order valence-corrected chi connectivity index (χ2v) is 9.63. The minimum absolute atomic E-state index is 0.0242. The van der Waals surface area contributed by atoms with Crippen molar-refractivity contribution in [3.8, 4) is 5.75 Å². The van der Waals surface area contributed by atoms with Gasteiger partial charge in [0.25, 0.3) is 0 Å². The van der Waals surface area contributed by atoms with Gasteiger partial charge in [-0.25, -0.2) is 8.42 Å². The number of benzene rings is 2. The molecule has 2 atom stereocenters. The van der Waals surface area contributed by atoms with E-state index in [9.17, 15) is 27.1 Å². The van der Waals surface area contributed by atoms with E-state index in [1.165, 1.54) is 28.6 Å². The molecule has 1 aliphatic heterocycles. The Kier molecular flexibility index (Phi) is 5.87. The molecule has 1 aromatic heterocycles. The maximum absolute atomic E-state index is 13.1. The van der Waals surface area contributed by atoms with Gasteiger partial charge in [-0.05, 0) is 36.2 Å². The Bertz CT molecular complexity index is 1240. The fraction of sp³-hybridized carbons (Fsp3) is 0.333. The predicted octanol–water partition coefficient (Wildman–Crippen LogP) is 3.15. The van der Waals surface area contributed by atoms with Gasteiger partial charge in [0.05, 0.1) is 28.6 Å². The Morgan fingerprint density at radius 1 is 1.19 bits per heavy atom. The molecule has 0 spiro atoms. The number of hydrogen-bond acceptors (Lipinski definition) is 5. The summed E-state index contributed by atoms with van der Waals surface area (Å²) < 4.78 is 58.3. The molecule has 3 aromatic rings. The molecule has 0 amide bonds. The lowest BCUT2D eigenvalue weighted by Crippen LogP contribution is -2.29. The van der Waals surface area contributed by atoms with Gasteiger partial charge in [-0.15, -0.1) is 0 Å². The fourth-order valence-electron chi connectivity index (χ4n) is 4.04. The van der Waals surface area contributed by atoms with Crippen molar-refractivity contribution in [1.29, 1.82) is 0 Å². The number of fused-ring (bicyclic) bond motifs is 1. The summed E-state index contributed by atoms with van der Waals surface area (Å²) in [6, 6.07) is 11.8. The van der Waals surface area contributed by atoms with Crippen LogP contribution in [0.2, 0.25) is 0 Å². The minimum Gasteiger partial charge on any atom is -0.481 e. The Balaban J connectivity index is 1.62. The Labute approximate surface area is 183 Å². The molecule has 1 N–H and O–H groups in total. The largest absolute Gasteiger partial charge is 0.481 e. The van der Waals surface area contributed by atoms with Crippen LogP contribution in [0.4, 0.5) is 8.78 Å². The summed E-state index contributed by atoms with van der Waals surface area (Å²) in [7, 11) is -3.87. The van der Waals surface area contributed by atoms with E-state index in [0.29, 0.717) is 5.69 Å². The monoisotopic (exact) mass is 465 g/mol. The number of alkyl halides is 2. The number of halogens is 2. The maximum Gasteiger partial charge on any atom is 0.387 e. The van der Waals surface area contributed by atoms with E-state index in [2.05, 4.69) is 9.84 Å². The van der Waals surface area contributed by atoms with Crippen molar-refractivity contribution >= 4 is 26.9 Å². The Morgan fingerprint density at radius 3 is 2.53 bits per heavy atom. The lowest BCUT2D eigenvalue weighted by Gasteiger charge is -2.18. The number of carboxylic acids is 1. The molecule has 0 bridgehead atoms. The van der Waals surface area contributed by atoms with Crippen LogP contribution in [0, 0.1) is 5.92 Å². The van der Waals surface area contributed by atoms with Gasteiger partial charge < -0.3 is 9.84 Å². The molecule has 0 saturated carbocycles. The van der Waals surface area contributed by atoms with Crippen LogP contribution in [0.15, 0.2) is 53.4 Å². The number of sulfonamides is 1. The van der Waals surface area contributed by atoms with Gasteiger partial charge in [-0.3, -0.25) is 9.48 Å². The van der Waals surface area contributed by atoms with Crippen LogP contribution in [0.1, 0.15) is 18.7 Å². The molecular weight excluding hydrogens is 444 g/mol. The number of nitrogens with zero attached hydrogens (tertiary/aromatic N) is 3. The highest BCUT2D eigenvalue weighted by Gasteiger charge is 2.39. The van der Waals surface area contributed by atoms with E-state index in [1.54, 1.807) is 16.8 Å². The lowest BCUT2D eigenvalue weighted by molar-refractivity contribution is -0.136. The zero-order valence-corrected chi connectivity index (χ0v) is 17.9. The van der Waals surface area contributed by atoms with Crippen molar-refractivity contribution in [2.45, 2.75) is 30.9 Å². The third kappa shape index (κ3) is 4.17. The highest BCUT2D eigenvalue weighted by molar-refractivity contribution is 7.89. The van der Waals surface area contributed by atoms with E-state index < -0.39 is 22.6 Å². The molecule has 32 heavy (non-hydrogen) atoms. The fourth-order valence-corrected chi connectivity index (χ4v) is 5.60. The van der Waals surface area contributed by atoms with Crippen LogP contribution in [-0.4, -0.2) is 53.3 Å². The van der Waals surface area contributed by atoms with Crippen molar-refractivity contribution in [2.75, 3.05) is 13.1 Å². The molecule has 8 nitrogen and oxygen atoms in total. The topological polar surface area (TPSA) is 102 Å². The smallest absolute Gasteiger partial charge is 0.387 e. The number of carbonyl (C=O) groups is 1. The Morgan fingerprint density at radius 2 is 1.88 bits per heavy atom. The maximum atomic E-state index is 13.1. The lowest BCUT2D eigenvalue weighted by atomic mass is 10.1. The standard InChI is InChI=1S/C21H21F2N3O5S/c1-13-11-25(32(29,30)15-8-6-14(7-9-15)31-21(22)23)12-19(13)26-18-5-3-2-4-16(18)17(24-26)10-20(27)28/h2-9,13,19,21H,10-12H2,1H3,(H,27,28)/t13-,19-/m1/s1. The molecule has 0 radical (unpaired) electrons. The summed E-state index contributed by atoms with van der Waals surface area (Å²) in [5.41, 5.74) is 1.17. The van der Waals surface area contributed by atoms with Crippen LogP contribution in [0.5, 0.6) is 5.75 Å². The third-order valence-electron chi connectivity index (χ3n) is 5.55.